The molecule has 0 bridgehead atoms. The van der Waals surface area contributed by atoms with Crippen LogP contribution in [0.3, 0.4) is 0 Å². The van der Waals surface area contributed by atoms with E-state index in [1.54, 1.807) is 18.2 Å². The Morgan fingerprint density at radius 2 is 2.10 bits per heavy atom. The Morgan fingerprint density at radius 1 is 1.30 bits per heavy atom. The summed E-state index contributed by atoms with van der Waals surface area (Å²) in [7, 11) is 1.46. The minimum atomic E-state index is -0.415. The molecule has 20 heavy (non-hydrogen) atoms. The number of ether oxygens (including phenoxy) is 1. The van der Waals surface area contributed by atoms with Crippen molar-refractivity contribution in [2.75, 3.05) is 19.0 Å². The summed E-state index contributed by atoms with van der Waals surface area (Å²) in [4.78, 5) is 12.4. The van der Waals surface area contributed by atoms with E-state index in [4.69, 9.17) is 4.74 Å². The number of hydrogen-bond acceptors (Lipinski definition) is 5. The molecule has 2 aromatic rings. The van der Waals surface area contributed by atoms with Crippen molar-refractivity contribution in [2.24, 2.45) is 0 Å². The number of rotatable bonds is 5. The van der Waals surface area contributed by atoms with Gasteiger partial charge >= 0.3 is 6.01 Å². The highest BCUT2D eigenvalue weighted by Gasteiger charge is 2.14. The molecule has 1 heterocycles. The third kappa shape index (κ3) is 3.22. The highest BCUT2D eigenvalue weighted by molar-refractivity contribution is 9.10. The van der Waals surface area contributed by atoms with Crippen molar-refractivity contribution in [1.82, 2.24) is 15.0 Å². The molecule has 106 valence electrons. The second-order valence-electron chi connectivity index (χ2n) is 4.00. The first-order chi connectivity index (χ1) is 9.65. The van der Waals surface area contributed by atoms with E-state index in [1.165, 1.54) is 7.11 Å². The average molecular weight is 341 g/mol. The molecule has 0 amide bonds. The van der Waals surface area contributed by atoms with Gasteiger partial charge in [-0.25, -0.2) is 4.39 Å². The van der Waals surface area contributed by atoms with Crippen molar-refractivity contribution in [2.45, 2.75) is 13.3 Å². The standard InChI is InChI=1S/C13H14BrFN4O/c1-3-7-16-12-17-11(18-13(19-12)20-2)8-5-4-6-9(14)10(8)15/h4-6H,3,7H2,1-2H3,(H,16,17,18,19). The van der Waals surface area contributed by atoms with Gasteiger partial charge in [-0.2, -0.15) is 15.0 Å². The molecule has 0 aliphatic heterocycles. The van der Waals surface area contributed by atoms with E-state index in [1.807, 2.05) is 6.92 Å². The number of nitrogens with zero attached hydrogens (tertiary/aromatic N) is 3. The van der Waals surface area contributed by atoms with Crippen molar-refractivity contribution >= 4 is 21.9 Å². The van der Waals surface area contributed by atoms with Crippen LogP contribution in [0.25, 0.3) is 11.4 Å². The van der Waals surface area contributed by atoms with E-state index in [2.05, 4.69) is 36.2 Å². The van der Waals surface area contributed by atoms with Gasteiger partial charge in [0.15, 0.2) is 5.82 Å². The Kier molecular flexibility index (Phi) is 4.84. The van der Waals surface area contributed by atoms with Crippen molar-refractivity contribution in [3.63, 3.8) is 0 Å². The van der Waals surface area contributed by atoms with E-state index < -0.39 is 5.82 Å². The summed E-state index contributed by atoms with van der Waals surface area (Å²) in [6.45, 7) is 2.74. The van der Waals surface area contributed by atoms with Crippen LogP contribution < -0.4 is 10.1 Å². The lowest BCUT2D eigenvalue weighted by molar-refractivity contribution is 0.379. The molecule has 0 saturated carbocycles. The monoisotopic (exact) mass is 340 g/mol. The van der Waals surface area contributed by atoms with Gasteiger partial charge in [-0.3, -0.25) is 0 Å². The molecule has 0 fully saturated rings. The lowest BCUT2D eigenvalue weighted by Gasteiger charge is -2.08. The van der Waals surface area contributed by atoms with E-state index in [0.29, 0.717) is 22.5 Å². The Balaban J connectivity index is 2.47. The number of aromatic nitrogens is 3. The molecule has 0 radical (unpaired) electrons. The maximum absolute atomic E-state index is 14.1. The molecule has 1 aromatic carbocycles. The van der Waals surface area contributed by atoms with E-state index in [-0.39, 0.29) is 11.8 Å². The van der Waals surface area contributed by atoms with E-state index in [0.717, 1.165) is 6.42 Å². The van der Waals surface area contributed by atoms with Gasteiger partial charge in [0, 0.05) is 6.54 Å². The maximum Gasteiger partial charge on any atom is 0.321 e. The summed E-state index contributed by atoms with van der Waals surface area (Å²) in [6, 6.07) is 5.09. The fourth-order valence-corrected chi connectivity index (χ4v) is 1.93. The second kappa shape index (κ2) is 6.60. The SMILES string of the molecule is CCCNc1nc(OC)nc(-c2cccc(Br)c2F)n1. The van der Waals surface area contributed by atoms with Gasteiger partial charge in [-0.1, -0.05) is 13.0 Å². The van der Waals surface area contributed by atoms with Crippen LogP contribution in [0, 0.1) is 5.82 Å². The summed E-state index contributed by atoms with van der Waals surface area (Å²) in [5.41, 5.74) is 0.291. The van der Waals surface area contributed by atoms with E-state index in [9.17, 15) is 4.39 Å². The highest BCUT2D eigenvalue weighted by Crippen LogP contribution is 2.26. The van der Waals surface area contributed by atoms with Gasteiger partial charge < -0.3 is 10.1 Å². The first kappa shape index (κ1) is 14.6. The first-order valence-electron chi connectivity index (χ1n) is 6.14. The van der Waals surface area contributed by atoms with Crippen molar-refractivity contribution < 1.29 is 9.13 Å². The lowest BCUT2D eigenvalue weighted by Crippen LogP contribution is -2.08. The van der Waals surface area contributed by atoms with Crippen molar-refractivity contribution in [1.29, 1.82) is 0 Å². The molecular formula is C13H14BrFN4O. The van der Waals surface area contributed by atoms with Crippen LogP contribution in [0.2, 0.25) is 0 Å². The van der Waals surface area contributed by atoms with Gasteiger partial charge in [-0.05, 0) is 34.5 Å². The number of benzene rings is 1. The second-order valence-corrected chi connectivity index (χ2v) is 4.85. The van der Waals surface area contributed by atoms with Crippen LogP contribution >= 0.6 is 15.9 Å². The summed E-state index contributed by atoms with van der Waals surface area (Å²) in [5.74, 6) is 0.185. The molecule has 0 spiro atoms. The number of halogens is 2. The molecule has 0 aliphatic rings. The van der Waals surface area contributed by atoms with Gasteiger partial charge in [0.05, 0.1) is 17.1 Å². The molecule has 7 heteroatoms. The third-order valence-corrected chi connectivity index (χ3v) is 3.14. The number of anilines is 1. The average Bonchev–Trinajstić information content (AvgIpc) is 2.47. The highest BCUT2D eigenvalue weighted by atomic mass is 79.9. The van der Waals surface area contributed by atoms with Crippen LogP contribution in [0.1, 0.15) is 13.3 Å². The molecule has 0 saturated heterocycles. The molecule has 0 unspecified atom stereocenters. The van der Waals surface area contributed by atoms with Crippen molar-refractivity contribution in [3.8, 4) is 17.4 Å². The Bertz CT molecular complexity index is 609. The first-order valence-corrected chi connectivity index (χ1v) is 6.93. The normalized spacial score (nSPS) is 10.4. The van der Waals surface area contributed by atoms with Gasteiger partial charge in [0.2, 0.25) is 5.95 Å². The summed E-state index contributed by atoms with van der Waals surface area (Å²) < 4.78 is 19.5. The Labute approximate surface area is 124 Å². The van der Waals surface area contributed by atoms with Gasteiger partial charge in [0.1, 0.15) is 5.82 Å². The number of nitrogens with one attached hydrogen (secondary N) is 1. The molecular weight excluding hydrogens is 327 g/mol. The fraction of sp³-hybridized carbons (Fsp3) is 0.308. The number of methoxy groups -OCH3 is 1. The van der Waals surface area contributed by atoms with Crippen LogP contribution in [-0.2, 0) is 0 Å². The molecule has 5 nitrogen and oxygen atoms in total. The zero-order chi connectivity index (χ0) is 14.5. The van der Waals surface area contributed by atoms with Crippen molar-refractivity contribution in [3.05, 3.63) is 28.5 Å². The summed E-state index contributed by atoms with van der Waals surface area (Å²) >= 11 is 3.15. The quantitative estimate of drug-likeness (QED) is 0.905. The molecule has 2 rings (SSSR count). The predicted octanol–water partition coefficient (Wildman–Crippen LogP) is 3.27. The van der Waals surface area contributed by atoms with Crippen LogP contribution in [0.4, 0.5) is 10.3 Å². The van der Waals surface area contributed by atoms with Gasteiger partial charge in [-0.15, -0.1) is 0 Å². The van der Waals surface area contributed by atoms with Crippen LogP contribution in [-0.4, -0.2) is 28.6 Å². The van der Waals surface area contributed by atoms with Crippen LogP contribution in [0.5, 0.6) is 6.01 Å². The summed E-state index contributed by atoms with van der Waals surface area (Å²) in [5, 5.41) is 3.04. The Morgan fingerprint density at radius 3 is 2.80 bits per heavy atom. The maximum atomic E-state index is 14.1. The van der Waals surface area contributed by atoms with E-state index >= 15 is 0 Å². The zero-order valence-electron chi connectivity index (χ0n) is 11.2. The number of hydrogen-bond donors (Lipinski definition) is 1. The third-order valence-electron chi connectivity index (χ3n) is 2.52. The molecule has 0 aliphatic carbocycles. The molecule has 0 atom stereocenters. The smallest absolute Gasteiger partial charge is 0.321 e. The Hall–Kier alpha value is -1.76. The zero-order valence-corrected chi connectivity index (χ0v) is 12.7. The van der Waals surface area contributed by atoms with Gasteiger partial charge in [0.25, 0.3) is 0 Å². The molecule has 1 aromatic heterocycles. The largest absolute Gasteiger partial charge is 0.467 e. The topological polar surface area (TPSA) is 59.9 Å². The lowest BCUT2D eigenvalue weighted by atomic mass is 10.2. The van der Waals surface area contributed by atoms with Crippen LogP contribution in [0.15, 0.2) is 22.7 Å². The fourth-order valence-electron chi connectivity index (χ4n) is 1.56. The molecule has 1 N–H and O–H groups in total. The minimum Gasteiger partial charge on any atom is -0.467 e. The predicted molar refractivity (Wildman–Crippen MR) is 78.3 cm³/mol. The summed E-state index contributed by atoms with van der Waals surface area (Å²) in [6.07, 6.45) is 0.925. The minimum absolute atomic E-state index is 0.146.